The molecule has 34 heavy (non-hydrogen) atoms. The van der Waals surface area contributed by atoms with Gasteiger partial charge in [-0.25, -0.2) is 4.98 Å². The average Bonchev–Trinajstić information content (AvgIpc) is 3.32. The number of hydrogen-bond donors (Lipinski definition) is 0. The van der Waals surface area contributed by atoms with Crippen molar-refractivity contribution in [2.45, 2.75) is 25.8 Å². The minimum Gasteiger partial charge on any atom is -0.283 e. The van der Waals surface area contributed by atoms with Gasteiger partial charge < -0.3 is 0 Å². The maximum Gasteiger partial charge on any atom is 0.241 e. The molecule has 0 radical (unpaired) electrons. The smallest absolute Gasteiger partial charge is 0.241 e. The highest BCUT2D eigenvalue weighted by Gasteiger charge is 2.30. The number of aryl methyl sites for hydroxylation is 1. The van der Waals surface area contributed by atoms with Crippen molar-refractivity contribution in [1.29, 1.82) is 0 Å². The summed E-state index contributed by atoms with van der Waals surface area (Å²) in [4.78, 5) is 21.1. The third-order valence-electron chi connectivity index (χ3n) is 6.04. The van der Waals surface area contributed by atoms with Gasteiger partial charge in [0.25, 0.3) is 0 Å². The summed E-state index contributed by atoms with van der Waals surface area (Å²) in [6.07, 6.45) is 0.972. The molecule has 4 heteroatoms. The van der Waals surface area contributed by atoms with E-state index < -0.39 is 5.92 Å². The zero-order valence-corrected chi connectivity index (χ0v) is 19.9. The first-order chi connectivity index (χ1) is 16.7. The van der Waals surface area contributed by atoms with Crippen LogP contribution in [0.15, 0.2) is 109 Å². The molecule has 0 N–H and O–H groups in total. The third-order valence-corrected chi connectivity index (χ3v) is 7.08. The summed E-state index contributed by atoms with van der Waals surface area (Å²) in [6.45, 7) is 2.62. The average molecular weight is 463 g/mol. The summed E-state index contributed by atoms with van der Waals surface area (Å²) < 4.78 is 1.11. The van der Waals surface area contributed by atoms with Crippen molar-refractivity contribution in [2.24, 2.45) is 0 Å². The fourth-order valence-corrected chi connectivity index (χ4v) is 5.26. The van der Waals surface area contributed by atoms with Crippen molar-refractivity contribution < 1.29 is 4.79 Å². The normalized spacial score (nSPS) is 11.1. The Morgan fingerprint density at radius 1 is 0.794 bits per heavy atom. The Bertz CT molecular complexity index is 1340. The highest BCUT2D eigenvalue weighted by Crippen LogP contribution is 2.35. The maximum absolute atomic E-state index is 14.3. The summed E-state index contributed by atoms with van der Waals surface area (Å²) in [5.41, 5.74) is 5.23. The number of fused-ring (bicyclic) bond motifs is 1. The summed E-state index contributed by atoms with van der Waals surface area (Å²) in [7, 11) is 0. The molecule has 0 saturated heterocycles. The molecule has 1 heterocycles. The highest BCUT2D eigenvalue weighted by molar-refractivity contribution is 7.22. The molecule has 5 aromatic rings. The number of rotatable bonds is 7. The fourth-order valence-electron chi connectivity index (χ4n) is 4.22. The second-order valence-corrected chi connectivity index (χ2v) is 9.33. The molecule has 168 valence electrons. The minimum absolute atomic E-state index is 0.0241. The van der Waals surface area contributed by atoms with Crippen LogP contribution in [0.1, 0.15) is 35.1 Å². The van der Waals surface area contributed by atoms with Crippen molar-refractivity contribution in [3.05, 3.63) is 131 Å². The van der Waals surface area contributed by atoms with Crippen LogP contribution in [0.4, 0.5) is 5.13 Å². The molecule has 1 aromatic heterocycles. The monoisotopic (exact) mass is 462 g/mol. The summed E-state index contributed by atoms with van der Waals surface area (Å²) in [5.74, 6) is -0.389. The van der Waals surface area contributed by atoms with Crippen molar-refractivity contribution in [3.63, 3.8) is 0 Å². The lowest BCUT2D eigenvalue weighted by atomic mass is 9.90. The molecule has 1 amide bonds. The second-order valence-electron chi connectivity index (χ2n) is 8.32. The van der Waals surface area contributed by atoms with E-state index in [1.165, 1.54) is 5.56 Å². The van der Waals surface area contributed by atoms with Crippen LogP contribution in [-0.4, -0.2) is 10.9 Å². The molecule has 5 rings (SSSR count). The summed E-state index contributed by atoms with van der Waals surface area (Å²) in [5, 5.41) is 0.731. The van der Waals surface area contributed by atoms with E-state index in [2.05, 4.69) is 37.3 Å². The Morgan fingerprint density at radius 2 is 1.38 bits per heavy atom. The third kappa shape index (κ3) is 4.63. The molecule has 0 spiro atoms. The number of amides is 1. The number of anilines is 1. The molecular formula is C30H26N2OS. The molecule has 0 fully saturated rings. The molecule has 0 atom stereocenters. The Morgan fingerprint density at radius 3 is 1.97 bits per heavy atom. The largest absolute Gasteiger partial charge is 0.283 e. The SMILES string of the molecule is CCc1ccc2nc(N(Cc3ccccc3)C(=O)C(c3ccccc3)c3ccccc3)sc2c1. The van der Waals surface area contributed by atoms with Crippen LogP contribution < -0.4 is 4.90 Å². The molecule has 0 aliphatic rings. The van der Waals surface area contributed by atoms with Gasteiger partial charge in [-0.15, -0.1) is 0 Å². The van der Waals surface area contributed by atoms with Crippen LogP contribution in [0.25, 0.3) is 10.2 Å². The van der Waals surface area contributed by atoms with E-state index in [-0.39, 0.29) is 5.91 Å². The topological polar surface area (TPSA) is 33.2 Å². The van der Waals surface area contributed by atoms with E-state index in [4.69, 9.17) is 4.98 Å². The summed E-state index contributed by atoms with van der Waals surface area (Å²) in [6, 6.07) is 36.5. The van der Waals surface area contributed by atoms with Gasteiger partial charge in [0.2, 0.25) is 5.91 Å². The van der Waals surface area contributed by atoms with Gasteiger partial charge in [-0.05, 0) is 40.8 Å². The number of carbonyl (C=O) groups excluding carboxylic acids is 1. The van der Waals surface area contributed by atoms with Gasteiger partial charge in [-0.2, -0.15) is 0 Å². The first-order valence-electron chi connectivity index (χ1n) is 11.6. The number of thiazole rings is 1. The molecule has 0 bridgehead atoms. The number of benzene rings is 4. The van der Waals surface area contributed by atoms with Gasteiger partial charge in [0.15, 0.2) is 5.13 Å². The lowest BCUT2D eigenvalue weighted by Crippen LogP contribution is -2.35. The highest BCUT2D eigenvalue weighted by atomic mass is 32.1. The zero-order valence-electron chi connectivity index (χ0n) is 19.1. The van der Waals surface area contributed by atoms with Crippen molar-refractivity contribution in [2.75, 3.05) is 4.90 Å². The van der Waals surface area contributed by atoms with Crippen LogP contribution >= 0.6 is 11.3 Å². The van der Waals surface area contributed by atoms with E-state index in [1.807, 2.05) is 83.8 Å². The summed E-state index contributed by atoms with van der Waals surface area (Å²) >= 11 is 1.58. The van der Waals surface area contributed by atoms with Gasteiger partial charge >= 0.3 is 0 Å². The Balaban J connectivity index is 1.62. The predicted molar refractivity (Wildman–Crippen MR) is 141 cm³/mol. The maximum atomic E-state index is 14.3. The van der Waals surface area contributed by atoms with Gasteiger partial charge in [0.1, 0.15) is 0 Å². The number of hydrogen-bond acceptors (Lipinski definition) is 3. The molecule has 0 unspecified atom stereocenters. The number of aromatic nitrogens is 1. The molecule has 0 aliphatic heterocycles. The van der Waals surface area contributed by atoms with E-state index in [0.29, 0.717) is 6.54 Å². The van der Waals surface area contributed by atoms with Crippen LogP contribution in [-0.2, 0) is 17.8 Å². The molecular weight excluding hydrogens is 436 g/mol. The Kier molecular flexibility index (Phi) is 6.50. The van der Waals surface area contributed by atoms with Crippen molar-refractivity contribution >= 4 is 32.6 Å². The van der Waals surface area contributed by atoms with E-state index >= 15 is 0 Å². The van der Waals surface area contributed by atoms with Gasteiger partial charge in [0.05, 0.1) is 22.7 Å². The minimum atomic E-state index is -0.413. The lowest BCUT2D eigenvalue weighted by molar-refractivity contribution is -0.119. The van der Waals surface area contributed by atoms with E-state index in [1.54, 1.807) is 11.3 Å². The van der Waals surface area contributed by atoms with Crippen LogP contribution in [0, 0.1) is 0 Å². The molecule has 0 aliphatic carbocycles. The van der Waals surface area contributed by atoms with Gasteiger partial charge in [-0.3, -0.25) is 9.69 Å². The van der Waals surface area contributed by atoms with Crippen LogP contribution in [0.3, 0.4) is 0 Å². The van der Waals surface area contributed by atoms with Crippen LogP contribution in [0.5, 0.6) is 0 Å². The van der Waals surface area contributed by atoms with Crippen molar-refractivity contribution in [1.82, 2.24) is 4.98 Å². The number of nitrogens with zero attached hydrogens (tertiary/aromatic N) is 2. The van der Waals surface area contributed by atoms with Crippen LogP contribution in [0.2, 0.25) is 0 Å². The Hall–Kier alpha value is -3.76. The zero-order chi connectivity index (χ0) is 23.3. The first-order valence-corrected chi connectivity index (χ1v) is 12.4. The first kappa shape index (κ1) is 22.1. The standard InChI is InChI=1S/C30H26N2OS/c1-2-22-18-19-26-27(20-22)34-30(31-26)32(21-23-12-6-3-7-13-23)29(33)28(24-14-8-4-9-15-24)25-16-10-5-11-17-25/h3-20,28H,2,21H2,1H3. The van der Waals surface area contributed by atoms with E-state index in [9.17, 15) is 4.79 Å². The van der Waals surface area contributed by atoms with Gasteiger partial charge in [-0.1, -0.05) is 115 Å². The molecule has 0 saturated carbocycles. The van der Waals surface area contributed by atoms with E-state index in [0.717, 1.165) is 38.5 Å². The van der Waals surface area contributed by atoms with Crippen molar-refractivity contribution in [3.8, 4) is 0 Å². The fraction of sp³-hybridized carbons (Fsp3) is 0.133. The molecule has 3 nitrogen and oxygen atoms in total. The quantitative estimate of drug-likeness (QED) is 0.256. The predicted octanol–water partition coefficient (Wildman–Crippen LogP) is 7.22. The lowest BCUT2D eigenvalue weighted by Gasteiger charge is -2.26. The van der Waals surface area contributed by atoms with Gasteiger partial charge in [0, 0.05) is 0 Å². The second kappa shape index (κ2) is 10.0. The number of carbonyl (C=O) groups is 1. The Labute approximate surface area is 204 Å². The molecule has 4 aromatic carbocycles.